The minimum absolute atomic E-state index is 0.516. The third-order valence-corrected chi connectivity index (χ3v) is 3.60. The monoisotopic (exact) mass is 254 g/mol. The summed E-state index contributed by atoms with van der Waals surface area (Å²) >= 11 is 6.13. The van der Waals surface area contributed by atoms with E-state index in [2.05, 4.69) is 17.3 Å². The van der Waals surface area contributed by atoms with Gasteiger partial charge in [0.1, 0.15) is 5.75 Å². The Hall–Kier alpha value is -0.930. The van der Waals surface area contributed by atoms with Crippen molar-refractivity contribution in [2.45, 2.75) is 19.4 Å². The van der Waals surface area contributed by atoms with E-state index < -0.39 is 0 Å². The average molecular weight is 255 g/mol. The van der Waals surface area contributed by atoms with E-state index in [0.717, 1.165) is 41.5 Å². The molecule has 1 fully saturated rings. The number of nitrogens with one attached hydrogen (secondary N) is 1. The zero-order chi connectivity index (χ0) is 12.4. The van der Waals surface area contributed by atoms with Crippen LogP contribution in [0.5, 0.6) is 5.75 Å². The zero-order valence-electron chi connectivity index (χ0n) is 10.6. The first-order chi connectivity index (χ1) is 8.13. The molecule has 17 heavy (non-hydrogen) atoms. The van der Waals surface area contributed by atoms with Gasteiger partial charge in [0.05, 0.1) is 12.8 Å². The van der Waals surface area contributed by atoms with Crippen LogP contribution in [-0.2, 0) is 0 Å². The Labute approximate surface area is 108 Å². The molecule has 1 aliphatic heterocycles. The predicted octanol–water partition coefficient (Wildman–Crippen LogP) is 2.46. The molecule has 1 heterocycles. The first-order valence-electron chi connectivity index (χ1n) is 5.91. The van der Waals surface area contributed by atoms with E-state index in [1.54, 1.807) is 7.11 Å². The zero-order valence-corrected chi connectivity index (χ0v) is 11.3. The molecule has 1 N–H and O–H groups in total. The summed E-state index contributed by atoms with van der Waals surface area (Å²) in [5.74, 6) is 0.920. The van der Waals surface area contributed by atoms with Gasteiger partial charge in [-0.05, 0) is 37.6 Å². The lowest BCUT2D eigenvalue weighted by Crippen LogP contribution is -2.33. The summed E-state index contributed by atoms with van der Waals surface area (Å²) in [4.78, 5) is 2.26. The quantitative estimate of drug-likeness (QED) is 0.897. The van der Waals surface area contributed by atoms with Crippen LogP contribution < -0.4 is 15.0 Å². The van der Waals surface area contributed by atoms with Crippen LogP contribution in [0.3, 0.4) is 0 Å². The smallest absolute Gasteiger partial charge is 0.145 e. The lowest BCUT2D eigenvalue weighted by molar-refractivity contribution is 0.410. The molecule has 0 aliphatic carbocycles. The first kappa shape index (κ1) is 12.5. The number of aryl methyl sites for hydroxylation is 1. The van der Waals surface area contributed by atoms with Crippen molar-refractivity contribution in [1.29, 1.82) is 0 Å². The van der Waals surface area contributed by atoms with Crippen molar-refractivity contribution in [1.82, 2.24) is 5.32 Å². The van der Waals surface area contributed by atoms with E-state index in [-0.39, 0.29) is 0 Å². The second-order valence-corrected chi connectivity index (χ2v) is 4.97. The molecule has 94 valence electrons. The van der Waals surface area contributed by atoms with E-state index in [4.69, 9.17) is 16.3 Å². The molecule has 0 radical (unpaired) electrons. The fraction of sp³-hybridized carbons (Fsp3) is 0.538. The lowest BCUT2D eigenvalue weighted by atomic mass is 10.1. The van der Waals surface area contributed by atoms with Gasteiger partial charge in [0, 0.05) is 24.7 Å². The molecule has 2 rings (SSSR count). The molecule has 0 amide bonds. The predicted molar refractivity (Wildman–Crippen MR) is 72.4 cm³/mol. The molecule has 1 aliphatic rings. The van der Waals surface area contributed by atoms with Gasteiger partial charge in [0.2, 0.25) is 0 Å². The van der Waals surface area contributed by atoms with Gasteiger partial charge < -0.3 is 15.0 Å². The molecule has 0 spiro atoms. The topological polar surface area (TPSA) is 24.5 Å². The maximum absolute atomic E-state index is 6.13. The van der Waals surface area contributed by atoms with E-state index in [1.165, 1.54) is 0 Å². The van der Waals surface area contributed by atoms with Crippen molar-refractivity contribution in [3.05, 3.63) is 22.7 Å². The van der Waals surface area contributed by atoms with Crippen molar-refractivity contribution in [2.24, 2.45) is 0 Å². The number of rotatable bonds is 3. The molecule has 1 unspecified atom stereocenters. The Kier molecular flexibility index (Phi) is 3.79. The van der Waals surface area contributed by atoms with Gasteiger partial charge in [-0.15, -0.1) is 0 Å². The van der Waals surface area contributed by atoms with E-state index >= 15 is 0 Å². The van der Waals surface area contributed by atoms with Crippen LogP contribution in [0.25, 0.3) is 0 Å². The number of methoxy groups -OCH3 is 1. The van der Waals surface area contributed by atoms with E-state index in [0.29, 0.717) is 6.04 Å². The molecule has 1 saturated heterocycles. The fourth-order valence-electron chi connectivity index (χ4n) is 2.41. The summed E-state index contributed by atoms with van der Waals surface area (Å²) in [6.07, 6.45) is 1.16. The largest absolute Gasteiger partial charge is 0.494 e. The summed E-state index contributed by atoms with van der Waals surface area (Å²) < 4.78 is 5.49. The molecule has 1 aromatic carbocycles. The molecule has 4 heteroatoms. The summed E-state index contributed by atoms with van der Waals surface area (Å²) in [7, 11) is 3.81. The molecular weight excluding hydrogens is 236 g/mol. The summed E-state index contributed by atoms with van der Waals surface area (Å²) in [6, 6.07) is 4.43. The number of hydrogen-bond acceptors (Lipinski definition) is 3. The fourth-order valence-corrected chi connectivity index (χ4v) is 2.67. The van der Waals surface area contributed by atoms with Gasteiger partial charge in [0.25, 0.3) is 0 Å². The molecular formula is C13H19ClN2O. The molecule has 1 aromatic rings. The number of nitrogens with zero attached hydrogens (tertiary/aromatic N) is 1. The van der Waals surface area contributed by atoms with Gasteiger partial charge in [-0.2, -0.15) is 0 Å². The van der Waals surface area contributed by atoms with Crippen LogP contribution in [0.1, 0.15) is 12.0 Å². The number of hydrogen-bond donors (Lipinski definition) is 1. The normalized spacial score (nSPS) is 19.4. The summed E-state index contributed by atoms with van der Waals surface area (Å²) in [5, 5.41) is 4.13. The van der Waals surface area contributed by atoms with Gasteiger partial charge in [0.15, 0.2) is 0 Å². The lowest BCUT2D eigenvalue weighted by Gasteiger charge is -2.28. The SMILES string of the molecule is COc1c(C)cc(Cl)cc1N(C)C1CCNC1. The maximum atomic E-state index is 6.13. The van der Waals surface area contributed by atoms with Crippen molar-refractivity contribution in [2.75, 3.05) is 32.1 Å². The molecule has 0 aromatic heterocycles. The Morgan fingerprint density at radius 2 is 2.24 bits per heavy atom. The molecule has 3 nitrogen and oxygen atoms in total. The second-order valence-electron chi connectivity index (χ2n) is 4.53. The Balaban J connectivity index is 2.35. The van der Waals surface area contributed by atoms with Crippen LogP contribution in [0.2, 0.25) is 5.02 Å². The first-order valence-corrected chi connectivity index (χ1v) is 6.29. The number of likely N-dealkylation sites (N-methyl/N-ethyl adjacent to an activating group) is 1. The minimum Gasteiger partial charge on any atom is -0.494 e. The van der Waals surface area contributed by atoms with E-state index in [9.17, 15) is 0 Å². The Morgan fingerprint density at radius 3 is 2.82 bits per heavy atom. The van der Waals surface area contributed by atoms with Crippen LogP contribution in [-0.4, -0.2) is 33.3 Å². The summed E-state index contributed by atoms with van der Waals surface area (Å²) in [6.45, 7) is 4.12. The van der Waals surface area contributed by atoms with Gasteiger partial charge in [-0.25, -0.2) is 0 Å². The molecule has 0 saturated carbocycles. The highest BCUT2D eigenvalue weighted by Crippen LogP contribution is 2.35. The van der Waals surface area contributed by atoms with Crippen LogP contribution in [0.15, 0.2) is 12.1 Å². The molecule has 0 bridgehead atoms. The number of benzene rings is 1. The van der Waals surface area contributed by atoms with Crippen molar-refractivity contribution in [3.63, 3.8) is 0 Å². The molecule has 1 atom stereocenters. The Bertz CT molecular complexity index is 403. The van der Waals surface area contributed by atoms with Crippen molar-refractivity contribution >= 4 is 17.3 Å². The third-order valence-electron chi connectivity index (χ3n) is 3.39. The second kappa shape index (κ2) is 5.15. The van der Waals surface area contributed by atoms with Gasteiger partial charge in [-0.1, -0.05) is 11.6 Å². The van der Waals surface area contributed by atoms with Crippen molar-refractivity contribution in [3.8, 4) is 5.75 Å². The van der Waals surface area contributed by atoms with Crippen LogP contribution in [0.4, 0.5) is 5.69 Å². The summed E-state index contributed by atoms with van der Waals surface area (Å²) in [5.41, 5.74) is 2.15. The highest BCUT2D eigenvalue weighted by atomic mass is 35.5. The van der Waals surface area contributed by atoms with Crippen LogP contribution in [0, 0.1) is 6.92 Å². The van der Waals surface area contributed by atoms with E-state index in [1.807, 2.05) is 19.1 Å². The number of halogens is 1. The van der Waals surface area contributed by atoms with Crippen molar-refractivity contribution < 1.29 is 4.74 Å². The highest BCUT2D eigenvalue weighted by Gasteiger charge is 2.22. The number of anilines is 1. The minimum atomic E-state index is 0.516. The Morgan fingerprint density at radius 1 is 1.47 bits per heavy atom. The van der Waals surface area contributed by atoms with Crippen LogP contribution >= 0.6 is 11.6 Å². The van der Waals surface area contributed by atoms with Gasteiger partial charge in [-0.3, -0.25) is 0 Å². The third kappa shape index (κ3) is 2.50. The van der Waals surface area contributed by atoms with Gasteiger partial charge >= 0.3 is 0 Å². The number of ether oxygens (including phenoxy) is 1. The average Bonchev–Trinajstić information content (AvgIpc) is 2.80. The standard InChI is InChI=1S/C13H19ClN2O/c1-9-6-10(14)7-12(13(9)17-3)16(2)11-4-5-15-8-11/h6-7,11,15H,4-5,8H2,1-3H3. The maximum Gasteiger partial charge on any atom is 0.145 e. The highest BCUT2D eigenvalue weighted by molar-refractivity contribution is 6.31.